The van der Waals surface area contributed by atoms with Crippen LogP contribution in [0.5, 0.6) is 0 Å². The SMILES string of the molecule is C=C1COCCN1c1cc(-c2ccccc2C(F)(F)F)[nH]c(=O)c1. The van der Waals surface area contributed by atoms with Crippen molar-refractivity contribution < 1.29 is 17.9 Å². The van der Waals surface area contributed by atoms with Crippen LogP contribution in [0.25, 0.3) is 11.3 Å². The Morgan fingerprint density at radius 1 is 1.21 bits per heavy atom. The van der Waals surface area contributed by atoms with Gasteiger partial charge in [-0.1, -0.05) is 24.8 Å². The molecule has 24 heavy (non-hydrogen) atoms. The Morgan fingerprint density at radius 3 is 2.67 bits per heavy atom. The van der Waals surface area contributed by atoms with E-state index in [9.17, 15) is 18.0 Å². The summed E-state index contributed by atoms with van der Waals surface area (Å²) in [5, 5.41) is 0. The Hall–Kier alpha value is -2.54. The summed E-state index contributed by atoms with van der Waals surface area (Å²) >= 11 is 0. The second-order valence-electron chi connectivity index (χ2n) is 5.43. The number of alkyl halides is 3. The lowest BCUT2D eigenvalue weighted by molar-refractivity contribution is -0.137. The molecular weight excluding hydrogens is 321 g/mol. The average Bonchev–Trinajstić information content (AvgIpc) is 2.54. The molecule has 0 saturated carbocycles. The minimum absolute atomic E-state index is 0.0668. The summed E-state index contributed by atoms with van der Waals surface area (Å²) in [5.74, 6) is 0. The van der Waals surface area contributed by atoms with Crippen molar-refractivity contribution in [2.24, 2.45) is 0 Å². The summed E-state index contributed by atoms with van der Waals surface area (Å²) in [6, 6.07) is 8.03. The van der Waals surface area contributed by atoms with Crippen molar-refractivity contribution in [2.75, 3.05) is 24.7 Å². The number of aromatic amines is 1. The highest BCUT2D eigenvalue weighted by atomic mass is 19.4. The number of hydrogen-bond acceptors (Lipinski definition) is 3. The van der Waals surface area contributed by atoms with Gasteiger partial charge in [-0.2, -0.15) is 13.2 Å². The van der Waals surface area contributed by atoms with Gasteiger partial charge in [0.2, 0.25) is 5.56 Å². The molecule has 1 fully saturated rings. The highest BCUT2D eigenvalue weighted by molar-refractivity contribution is 5.69. The Morgan fingerprint density at radius 2 is 1.96 bits per heavy atom. The molecule has 126 valence electrons. The first kappa shape index (κ1) is 16.3. The van der Waals surface area contributed by atoms with E-state index >= 15 is 0 Å². The quantitative estimate of drug-likeness (QED) is 0.914. The predicted molar refractivity (Wildman–Crippen MR) is 84.8 cm³/mol. The fraction of sp³-hybridized carbons (Fsp3) is 0.235. The topological polar surface area (TPSA) is 45.3 Å². The monoisotopic (exact) mass is 336 g/mol. The minimum Gasteiger partial charge on any atom is -0.373 e. The standard InChI is InChI=1S/C17H15F3N2O2/c1-11-10-24-7-6-22(11)12-8-15(21-16(23)9-12)13-4-2-3-5-14(13)17(18,19)20/h2-5,8-9H,1,6-7,10H2,(H,21,23). The fourth-order valence-corrected chi connectivity index (χ4v) is 2.69. The van der Waals surface area contributed by atoms with Crippen molar-refractivity contribution in [3.05, 3.63) is 64.6 Å². The first-order chi connectivity index (χ1) is 11.4. The smallest absolute Gasteiger partial charge is 0.373 e. The highest BCUT2D eigenvalue weighted by Crippen LogP contribution is 2.36. The third kappa shape index (κ3) is 3.21. The molecule has 1 N–H and O–H groups in total. The summed E-state index contributed by atoms with van der Waals surface area (Å²) in [5.41, 5.74) is -0.0640. The molecule has 1 aliphatic rings. The van der Waals surface area contributed by atoms with Crippen LogP contribution in [0.15, 0.2) is 53.5 Å². The van der Waals surface area contributed by atoms with Crippen LogP contribution in [-0.2, 0) is 10.9 Å². The van der Waals surface area contributed by atoms with E-state index < -0.39 is 17.3 Å². The molecule has 7 heteroatoms. The number of nitrogens with one attached hydrogen (secondary N) is 1. The molecule has 0 atom stereocenters. The number of benzene rings is 1. The summed E-state index contributed by atoms with van der Waals surface area (Å²) in [4.78, 5) is 16.2. The van der Waals surface area contributed by atoms with Gasteiger partial charge in [0.1, 0.15) is 0 Å². The number of anilines is 1. The van der Waals surface area contributed by atoms with Crippen molar-refractivity contribution >= 4 is 5.69 Å². The van der Waals surface area contributed by atoms with Crippen molar-refractivity contribution in [3.63, 3.8) is 0 Å². The average molecular weight is 336 g/mol. The minimum atomic E-state index is -4.51. The van der Waals surface area contributed by atoms with Gasteiger partial charge in [0.25, 0.3) is 0 Å². The van der Waals surface area contributed by atoms with Crippen molar-refractivity contribution in [1.82, 2.24) is 4.98 Å². The maximum atomic E-state index is 13.2. The highest BCUT2D eigenvalue weighted by Gasteiger charge is 2.33. The van der Waals surface area contributed by atoms with Gasteiger partial charge in [-0.3, -0.25) is 4.79 Å². The number of rotatable bonds is 2. The summed E-state index contributed by atoms with van der Waals surface area (Å²) in [6.07, 6.45) is -4.51. The lowest BCUT2D eigenvalue weighted by Gasteiger charge is -2.31. The predicted octanol–water partition coefficient (Wildman–Crippen LogP) is 3.41. The molecule has 0 radical (unpaired) electrons. The molecule has 3 rings (SSSR count). The number of ether oxygens (including phenoxy) is 1. The van der Waals surface area contributed by atoms with Crippen molar-refractivity contribution in [1.29, 1.82) is 0 Å². The molecule has 2 aromatic rings. The van der Waals surface area contributed by atoms with Gasteiger partial charge < -0.3 is 14.6 Å². The van der Waals surface area contributed by atoms with E-state index in [1.165, 1.54) is 30.3 Å². The second-order valence-corrected chi connectivity index (χ2v) is 5.43. The number of hydrogen-bond donors (Lipinski definition) is 1. The lowest BCUT2D eigenvalue weighted by atomic mass is 10.0. The van der Waals surface area contributed by atoms with E-state index in [0.717, 1.165) is 6.07 Å². The number of morpholine rings is 1. The Labute approximate surface area is 136 Å². The second kappa shape index (κ2) is 6.16. The third-order valence-corrected chi connectivity index (χ3v) is 3.77. The number of halogens is 3. The molecule has 1 aromatic heterocycles. The van der Waals surface area contributed by atoms with Crippen molar-refractivity contribution in [3.8, 4) is 11.3 Å². The first-order valence-electron chi connectivity index (χ1n) is 7.30. The van der Waals surface area contributed by atoms with Gasteiger partial charge in [0.15, 0.2) is 0 Å². The van der Waals surface area contributed by atoms with Gasteiger partial charge >= 0.3 is 6.18 Å². The zero-order valence-electron chi connectivity index (χ0n) is 12.7. The molecule has 0 amide bonds. The molecule has 4 nitrogen and oxygen atoms in total. The van der Waals surface area contributed by atoms with Crippen LogP contribution in [0, 0.1) is 0 Å². The molecule has 0 unspecified atom stereocenters. The molecule has 1 aromatic carbocycles. The number of nitrogens with zero attached hydrogens (tertiary/aromatic N) is 1. The van der Waals surface area contributed by atoms with Crippen LogP contribution < -0.4 is 10.5 Å². The molecular formula is C17H15F3N2O2. The summed E-state index contributed by atoms with van der Waals surface area (Å²) < 4.78 is 44.9. The summed E-state index contributed by atoms with van der Waals surface area (Å²) in [7, 11) is 0. The van der Waals surface area contributed by atoms with E-state index in [0.29, 0.717) is 31.1 Å². The van der Waals surface area contributed by atoms with Gasteiger partial charge in [-0.25, -0.2) is 0 Å². The van der Waals surface area contributed by atoms with Crippen LogP contribution >= 0.6 is 0 Å². The van der Waals surface area contributed by atoms with Crippen LogP contribution in [0.1, 0.15) is 5.56 Å². The molecule has 2 heterocycles. The van der Waals surface area contributed by atoms with Crippen LogP contribution in [0.2, 0.25) is 0 Å². The van der Waals surface area contributed by atoms with E-state index in [2.05, 4.69) is 11.6 Å². The van der Waals surface area contributed by atoms with Gasteiger partial charge in [0, 0.05) is 29.6 Å². The molecule has 1 aliphatic heterocycles. The van der Waals surface area contributed by atoms with E-state index in [-0.39, 0.29) is 11.3 Å². The van der Waals surface area contributed by atoms with E-state index in [1.54, 1.807) is 4.90 Å². The molecule has 1 saturated heterocycles. The van der Waals surface area contributed by atoms with Gasteiger partial charge in [0.05, 0.1) is 24.5 Å². The zero-order valence-corrected chi connectivity index (χ0v) is 12.7. The molecule has 0 aliphatic carbocycles. The maximum Gasteiger partial charge on any atom is 0.417 e. The zero-order chi connectivity index (χ0) is 17.3. The Balaban J connectivity index is 2.11. The summed E-state index contributed by atoms with van der Waals surface area (Å²) in [6.45, 7) is 5.14. The number of pyridine rings is 1. The van der Waals surface area contributed by atoms with Crippen LogP contribution in [-0.4, -0.2) is 24.7 Å². The van der Waals surface area contributed by atoms with E-state index in [1.807, 2.05) is 0 Å². The van der Waals surface area contributed by atoms with Crippen molar-refractivity contribution in [2.45, 2.75) is 6.18 Å². The first-order valence-corrected chi connectivity index (χ1v) is 7.30. The molecule has 0 bridgehead atoms. The number of H-pyrrole nitrogens is 1. The maximum absolute atomic E-state index is 13.2. The Bertz CT molecular complexity index is 827. The van der Waals surface area contributed by atoms with Gasteiger partial charge in [-0.15, -0.1) is 0 Å². The van der Waals surface area contributed by atoms with Crippen LogP contribution in [0.3, 0.4) is 0 Å². The third-order valence-electron chi connectivity index (χ3n) is 3.77. The van der Waals surface area contributed by atoms with Crippen LogP contribution in [0.4, 0.5) is 18.9 Å². The fourth-order valence-electron chi connectivity index (χ4n) is 2.69. The lowest BCUT2D eigenvalue weighted by Crippen LogP contribution is -2.34. The Kier molecular flexibility index (Phi) is 4.19. The number of aromatic nitrogens is 1. The normalized spacial score (nSPS) is 15.6. The van der Waals surface area contributed by atoms with Gasteiger partial charge in [-0.05, 0) is 12.1 Å². The molecule has 0 spiro atoms. The van der Waals surface area contributed by atoms with E-state index in [4.69, 9.17) is 4.74 Å². The largest absolute Gasteiger partial charge is 0.417 e.